The van der Waals surface area contributed by atoms with Gasteiger partial charge in [-0.1, -0.05) is 30.7 Å². The lowest BCUT2D eigenvalue weighted by Gasteiger charge is -2.05. The van der Waals surface area contributed by atoms with Gasteiger partial charge in [0.1, 0.15) is 8.07 Å². The second-order valence-corrected chi connectivity index (χ2v) is 9.79. The molecule has 0 saturated heterocycles. The van der Waals surface area contributed by atoms with E-state index in [1.54, 1.807) is 6.07 Å². The molecule has 0 amide bonds. The van der Waals surface area contributed by atoms with Gasteiger partial charge in [0.15, 0.2) is 11.5 Å². The first-order valence-corrected chi connectivity index (χ1v) is 9.14. The topological polar surface area (TPSA) is 51.1 Å². The van der Waals surface area contributed by atoms with Crippen molar-refractivity contribution in [3.63, 3.8) is 0 Å². The minimum absolute atomic E-state index is 0.218. The molecular weight excluding hydrogens is 246 g/mol. The molecule has 4 nitrogen and oxygen atoms in total. The highest BCUT2D eigenvalue weighted by Gasteiger charge is 2.16. The molecule has 2 rings (SSSR count). The first-order valence-electron chi connectivity index (χ1n) is 5.64. The Morgan fingerprint density at radius 3 is 2.56 bits per heavy atom. The number of benzene rings is 1. The molecular formula is C13H15NO3Si. The average molecular weight is 261 g/mol. The van der Waals surface area contributed by atoms with Crippen LogP contribution in [0.1, 0.15) is 11.1 Å². The van der Waals surface area contributed by atoms with Gasteiger partial charge in [0.2, 0.25) is 6.79 Å². The number of ether oxygens (including phenoxy) is 2. The molecule has 94 valence electrons. The Labute approximate surface area is 107 Å². The van der Waals surface area contributed by atoms with Crippen molar-refractivity contribution in [2.45, 2.75) is 19.6 Å². The Bertz CT molecular complexity index is 550. The van der Waals surface area contributed by atoms with Gasteiger partial charge >= 0.3 is 0 Å². The first kappa shape index (κ1) is 12.5. The lowest BCUT2D eigenvalue weighted by molar-refractivity contribution is 0.174. The van der Waals surface area contributed by atoms with Crippen molar-refractivity contribution >= 4 is 14.3 Å². The van der Waals surface area contributed by atoms with E-state index in [1.165, 1.54) is 6.21 Å². The summed E-state index contributed by atoms with van der Waals surface area (Å²) in [6, 6.07) is 3.60. The predicted molar refractivity (Wildman–Crippen MR) is 72.2 cm³/mol. The Morgan fingerprint density at radius 1 is 1.28 bits per heavy atom. The van der Waals surface area contributed by atoms with Crippen LogP contribution in [0, 0.1) is 11.5 Å². The summed E-state index contributed by atoms with van der Waals surface area (Å²) in [5, 5.41) is 11.7. The Morgan fingerprint density at radius 2 is 1.94 bits per heavy atom. The Balaban J connectivity index is 2.47. The molecule has 0 atom stereocenters. The van der Waals surface area contributed by atoms with E-state index in [9.17, 15) is 0 Å². The van der Waals surface area contributed by atoms with Gasteiger partial charge in [0.05, 0.1) is 6.21 Å². The van der Waals surface area contributed by atoms with Gasteiger partial charge in [-0.2, -0.15) is 0 Å². The normalized spacial score (nSPS) is 13.5. The lowest BCUT2D eigenvalue weighted by atomic mass is 10.1. The summed E-state index contributed by atoms with van der Waals surface area (Å²) < 4.78 is 10.6. The van der Waals surface area contributed by atoms with Crippen LogP contribution in [0.25, 0.3) is 0 Å². The zero-order chi connectivity index (χ0) is 13.2. The highest BCUT2D eigenvalue weighted by Crippen LogP contribution is 2.34. The van der Waals surface area contributed by atoms with Gasteiger partial charge in [-0.3, -0.25) is 0 Å². The summed E-state index contributed by atoms with van der Waals surface area (Å²) >= 11 is 0. The quantitative estimate of drug-likeness (QED) is 0.278. The van der Waals surface area contributed by atoms with E-state index in [4.69, 9.17) is 14.7 Å². The Hall–Kier alpha value is -1.93. The number of hydrogen-bond donors (Lipinski definition) is 1. The summed E-state index contributed by atoms with van der Waals surface area (Å²) in [4.78, 5) is 0. The molecule has 1 aromatic rings. The fourth-order valence-corrected chi connectivity index (χ4v) is 2.00. The maximum absolute atomic E-state index is 8.68. The predicted octanol–water partition coefficient (Wildman–Crippen LogP) is 2.45. The number of nitrogens with zero attached hydrogens (tertiary/aromatic N) is 1. The van der Waals surface area contributed by atoms with Gasteiger partial charge < -0.3 is 14.7 Å². The third-order valence-electron chi connectivity index (χ3n) is 2.31. The van der Waals surface area contributed by atoms with Crippen LogP contribution in [0.5, 0.6) is 11.5 Å². The average Bonchev–Trinajstić information content (AvgIpc) is 2.72. The molecule has 0 aliphatic carbocycles. The highest BCUT2D eigenvalue weighted by atomic mass is 28.3. The van der Waals surface area contributed by atoms with Crippen molar-refractivity contribution in [1.82, 2.24) is 0 Å². The van der Waals surface area contributed by atoms with Crippen molar-refractivity contribution in [3.8, 4) is 23.0 Å². The molecule has 5 heteroatoms. The van der Waals surface area contributed by atoms with Crippen LogP contribution >= 0.6 is 0 Å². The lowest BCUT2D eigenvalue weighted by Crippen LogP contribution is -2.16. The fourth-order valence-electron chi connectivity index (χ4n) is 1.49. The summed E-state index contributed by atoms with van der Waals surface area (Å²) in [6.07, 6.45) is 1.36. The molecule has 0 bridgehead atoms. The maximum atomic E-state index is 8.68. The van der Waals surface area contributed by atoms with Gasteiger partial charge in [0.25, 0.3) is 0 Å². The number of fused-ring (bicyclic) bond motifs is 1. The van der Waals surface area contributed by atoms with Gasteiger partial charge in [0, 0.05) is 17.2 Å². The summed E-state index contributed by atoms with van der Waals surface area (Å²) in [5.41, 5.74) is 4.80. The first-order chi connectivity index (χ1) is 8.49. The molecule has 1 heterocycles. The minimum Gasteiger partial charge on any atom is -0.454 e. The zero-order valence-electron chi connectivity index (χ0n) is 10.7. The second kappa shape index (κ2) is 4.74. The molecule has 0 saturated carbocycles. The molecule has 0 radical (unpaired) electrons. The van der Waals surface area contributed by atoms with Crippen molar-refractivity contribution in [1.29, 1.82) is 0 Å². The van der Waals surface area contributed by atoms with Gasteiger partial charge in [-0.05, 0) is 6.07 Å². The highest BCUT2D eigenvalue weighted by molar-refractivity contribution is 6.83. The number of rotatable bonds is 1. The molecule has 0 aromatic heterocycles. The van der Waals surface area contributed by atoms with Gasteiger partial charge in [-0.25, -0.2) is 0 Å². The molecule has 18 heavy (non-hydrogen) atoms. The zero-order valence-corrected chi connectivity index (χ0v) is 11.7. The van der Waals surface area contributed by atoms with Gasteiger partial charge in [-0.15, -0.1) is 5.54 Å². The SMILES string of the molecule is C[Si](C)(C)C#Cc1cc2c(cc1/C=N/O)OCO2. The maximum Gasteiger partial charge on any atom is 0.231 e. The van der Waals surface area contributed by atoms with Crippen molar-refractivity contribution in [3.05, 3.63) is 23.3 Å². The smallest absolute Gasteiger partial charge is 0.231 e. The summed E-state index contributed by atoms with van der Waals surface area (Å²) in [6.45, 7) is 6.74. The molecule has 1 aliphatic rings. The van der Waals surface area contributed by atoms with Crippen LogP contribution in [0.3, 0.4) is 0 Å². The van der Waals surface area contributed by atoms with E-state index >= 15 is 0 Å². The standard InChI is InChI=1S/C13H15NO3Si/c1-18(2,3)5-4-10-6-12-13(17-9-16-12)7-11(10)8-14-15/h6-8,15H,9H2,1-3H3/b14-8+. The van der Waals surface area contributed by atoms with Crippen molar-refractivity contribution in [2.75, 3.05) is 6.79 Å². The van der Waals surface area contributed by atoms with E-state index in [0.29, 0.717) is 11.5 Å². The largest absolute Gasteiger partial charge is 0.454 e. The van der Waals surface area contributed by atoms with Crippen LogP contribution in [0.2, 0.25) is 19.6 Å². The fraction of sp³-hybridized carbons (Fsp3) is 0.308. The minimum atomic E-state index is -1.45. The van der Waals surface area contributed by atoms with Crippen LogP contribution < -0.4 is 9.47 Å². The van der Waals surface area contributed by atoms with Crippen molar-refractivity contribution < 1.29 is 14.7 Å². The third-order valence-corrected chi connectivity index (χ3v) is 3.19. The Kier molecular flexibility index (Phi) is 3.30. The van der Waals surface area contributed by atoms with Crippen LogP contribution in [0.4, 0.5) is 0 Å². The number of hydrogen-bond acceptors (Lipinski definition) is 4. The second-order valence-electron chi connectivity index (χ2n) is 5.04. The van der Waals surface area contributed by atoms with Crippen LogP contribution in [-0.4, -0.2) is 26.3 Å². The monoisotopic (exact) mass is 261 g/mol. The summed E-state index contributed by atoms with van der Waals surface area (Å²) in [7, 11) is -1.45. The number of oxime groups is 1. The van der Waals surface area contributed by atoms with Crippen molar-refractivity contribution in [2.24, 2.45) is 5.16 Å². The molecule has 1 aromatic carbocycles. The van der Waals surface area contributed by atoms with E-state index in [0.717, 1.165) is 11.1 Å². The molecule has 0 spiro atoms. The van der Waals surface area contributed by atoms with E-state index < -0.39 is 8.07 Å². The van der Waals surface area contributed by atoms with E-state index in [2.05, 4.69) is 36.3 Å². The van der Waals surface area contributed by atoms with E-state index in [-0.39, 0.29) is 6.79 Å². The van der Waals surface area contributed by atoms with Crippen LogP contribution in [0.15, 0.2) is 17.3 Å². The van der Waals surface area contributed by atoms with Crippen LogP contribution in [-0.2, 0) is 0 Å². The van der Waals surface area contributed by atoms with E-state index in [1.807, 2.05) is 6.07 Å². The molecule has 0 fully saturated rings. The molecule has 1 aliphatic heterocycles. The molecule has 1 N–H and O–H groups in total. The summed E-state index contributed by atoms with van der Waals surface area (Å²) in [5.74, 6) is 4.48. The third kappa shape index (κ3) is 2.84. The molecule has 0 unspecified atom stereocenters.